The fourth-order valence-electron chi connectivity index (χ4n) is 1.60. The number of hydrogen-bond acceptors (Lipinski definition) is 2. The molecular formula is C14H13BrFNO. The molecule has 0 aromatic heterocycles. The van der Waals surface area contributed by atoms with Crippen LogP contribution in [-0.2, 0) is 6.54 Å². The van der Waals surface area contributed by atoms with Gasteiger partial charge in [0.25, 0.3) is 0 Å². The molecule has 0 fully saturated rings. The van der Waals surface area contributed by atoms with Gasteiger partial charge in [0, 0.05) is 16.6 Å². The molecule has 2 aromatic rings. The van der Waals surface area contributed by atoms with E-state index in [9.17, 15) is 4.39 Å². The van der Waals surface area contributed by atoms with E-state index < -0.39 is 5.82 Å². The molecule has 0 radical (unpaired) electrons. The second-order valence-electron chi connectivity index (χ2n) is 3.99. The van der Waals surface area contributed by atoms with Crippen molar-refractivity contribution in [2.24, 2.45) is 5.73 Å². The number of hydrogen-bond donors (Lipinski definition) is 1. The molecule has 0 bridgehead atoms. The van der Waals surface area contributed by atoms with Crippen molar-refractivity contribution in [3.8, 4) is 11.5 Å². The zero-order valence-electron chi connectivity index (χ0n) is 9.91. The van der Waals surface area contributed by atoms with Crippen LogP contribution in [0.4, 0.5) is 4.39 Å². The molecule has 2 rings (SSSR count). The van der Waals surface area contributed by atoms with E-state index in [4.69, 9.17) is 10.5 Å². The van der Waals surface area contributed by atoms with Crippen molar-refractivity contribution in [1.29, 1.82) is 0 Å². The Morgan fingerprint density at radius 1 is 1.17 bits per heavy atom. The van der Waals surface area contributed by atoms with E-state index in [-0.39, 0.29) is 5.75 Å². The molecule has 0 unspecified atom stereocenters. The average Bonchev–Trinajstić information content (AvgIpc) is 2.33. The monoisotopic (exact) mass is 309 g/mol. The molecule has 0 spiro atoms. The largest absolute Gasteiger partial charge is 0.454 e. The number of rotatable bonds is 3. The molecule has 0 atom stereocenters. The quantitative estimate of drug-likeness (QED) is 0.924. The number of ether oxygens (including phenoxy) is 1. The average molecular weight is 310 g/mol. The standard InChI is InChI=1S/C14H13BrFNO/c1-9-2-3-10(8-17)14(6-9)18-13-5-4-11(15)7-12(13)16/h2-7H,8,17H2,1H3. The minimum atomic E-state index is -0.408. The van der Waals surface area contributed by atoms with Crippen LogP contribution in [0, 0.1) is 12.7 Å². The summed E-state index contributed by atoms with van der Waals surface area (Å²) in [5.74, 6) is 0.381. The van der Waals surface area contributed by atoms with Gasteiger partial charge in [0.15, 0.2) is 11.6 Å². The van der Waals surface area contributed by atoms with E-state index in [0.29, 0.717) is 16.8 Å². The molecular weight excluding hydrogens is 297 g/mol. The van der Waals surface area contributed by atoms with Gasteiger partial charge in [0.05, 0.1) is 0 Å². The van der Waals surface area contributed by atoms with Gasteiger partial charge in [-0.15, -0.1) is 0 Å². The molecule has 2 aromatic carbocycles. The zero-order chi connectivity index (χ0) is 13.1. The molecule has 0 aliphatic rings. The van der Waals surface area contributed by atoms with E-state index in [1.165, 1.54) is 6.07 Å². The Balaban J connectivity index is 2.36. The third-order valence-electron chi connectivity index (χ3n) is 2.56. The Hall–Kier alpha value is -1.39. The summed E-state index contributed by atoms with van der Waals surface area (Å²) in [6.07, 6.45) is 0. The summed E-state index contributed by atoms with van der Waals surface area (Å²) in [4.78, 5) is 0. The molecule has 0 aliphatic carbocycles. The first-order valence-electron chi connectivity index (χ1n) is 5.52. The van der Waals surface area contributed by atoms with Crippen LogP contribution in [0.1, 0.15) is 11.1 Å². The first-order chi connectivity index (χ1) is 8.60. The van der Waals surface area contributed by atoms with Gasteiger partial charge < -0.3 is 10.5 Å². The first kappa shape index (κ1) is 13.1. The van der Waals surface area contributed by atoms with Gasteiger partial charge in [-0.25, -0.2) is 4.39 Å². The Kier molecular flexibility index (Phi) is 3.99. The number of nitrogens with two attached hydrogens (primary N) is 1. The second kappa shape index (κ2) is 5.50. The minimum absolute atomic E-state index is 0.193. The highest BCUT2D eigenvalue weighted by molar-refractivity contribution is 9.10. The lowest BCUT2D eigenvalue weighted by molar-refractivity contribution is 0.437. The van der Waals surface area contributed by atoms with Gasteiger partial charge in [0.2, 0.25) is 0 Å². The van der Waals surface area contributed by atoms with E-state index in [1.807, 2.05) is 25.1 Å². The second-order valence-corrected chi connectivity index (χ2v) is 4.91. The van der Waals surface area contributed by atoms with Crippen LogP contribution in [-0.4, -0.2) is 0 Å². The minimum Gasteiger partial charge on any atom is -0.454 e. The van der Waals surface area contributed by atoms with Crippen molar-refractivity contribution in [3.63, 3.8) is 0 Å². The van der Waals surface area contributed by atoms with Gasteiger partial charge >= 0.3 is 0 Å². The van der Waals surface area contributed by atoms with Crippen LogP contribution in [0.25, 0.3) is 0 Å². The van der Waals surface area contributed by atoms with Crippen molar-refractivity contribution in [2.45, 2.75) is 13.5 Å². The first-order valence-corrected chi connectivity index (χ1v) is 6.32. The summed E-state index contributed by atoms with van der Waals surface area (Å²) in [6, 6.07) is 10.4. The van der Waals surface area contributed by atoms with Gasteiger partial charge in [-0.05, 0) is 36.8 Å². The maximum Gasteiger partial charge on any atom is 0.166 e. The fraction of sp³-hybridized carbons (Fsp3) is 0.143. The molecule has 4 heteroatoms. The number of benzene rings is 2. The van der Waals surface area contributed by atoms with E-state index in [1.54, 1.807) is 12.1 Å². The van der Waals surface area contributed by atoms with Crippen LogP contribution in [0.3, 0.4) is 0 Å². The molecule has 94 valence electrons. The molecule has 18 heavy (non-hydrogen) atoms. The molecule has 0 saturated carbocycles. The van der Waals surface area contributed by atoms with Crippen LogP contribution >= 0.6 is 15.9 Å². The van der Waals surface area contributed by atoms with Gasteiger partial charge in [0.1, 0.15) is 5.75 Å². The summed E-state index contributed by atoms with van der Waals surface area (Å²) in [7, 11) is 0. The van der Waals surface area contributed by atoms with E-state index in [0.717, 1.165) is 11.1 Å². The van der Waals surface area contributed by atoms with Crippen molar-refractivity contribution < 1.29 is 9.13 Å². The Bertz CT molecular complexity index is 572. The molecule has 0 heterocycles. The Morgan fingerprint density at radius 3 is 2.61 bits per heavy atom. The van der Waals surface area contributed by atoms with E-state index >= 15 is 0 Å². The van der Waals surface area contributed by atoms with Gasteiger partial charge in [-0.3, -0.25) is 0 Å². The summed E-state index contributed by atoms with van der Waals surface area (Å²) < 4.78 is 20.0. The molecule has 2 nitrogen and oxygen atoms in total. The predicted molar refractivity (Wildman–Crippen MR) is 73.2 cm³/mol. The summed E-state index contributed by atoms with van der Waals surface area (Å²) in [6.45, 7) is 2.30. The SMILES string of the molecule is Cc1ccc(CN)c(Oc2ccc(Br)cc2F)c1. The maximum absolute atomic E-state index is 13.7. The van der Waals surface area contributed by atoms with Crippen LogP contribution in [0.5, 0.6) is 11.5 Å². The summed E-state index contributed by atoms with van der Waals surface area (Å²) >= 11 is 3.21. The van der Waals surface area contributed by atoms with Crippen molar-refractivity contribution in [3.05, 3.63) is 57.8 Å². The zero-order valence-corrected chi connectivity index (χ0v) is 11.5. The molecule has 2 N–H and O–H groups in total. The lowest BCUT2D eigenvalue weighted by atomic mass is 10.1. The highest BCUT2D eigenvalue weighted by Crippen LogP contribution is 2.29. The molecule has 0 amide bonds. The normalized spacial score (nSPS) is 10.4. The predicted octanol–water partition coefficient (Wildman–Crippen LogP) is 4.15. The third kappa shape index (κ3) is 2.89. The van der Waals surface area contributed by atoms with Crippen LogP contribution in [0.2, 0.25) is 0 Å². The third-order valence-corrected chi connectivity index (χ3v) is 3.05. The number of halogens is 2. The van der Waals surface area contributed by atoms with Gasteiger partial charge in [-0.2, -0.15) is 0 Å². The topological polar surface area (TPSA) is 35.2 Å². The van der Waals surface area contributed by atoms with Crippen LogP contribution < -0.4 is 10.5 Å². The summed E-state index contributed by atoms with van der Waals surface area (Å²) in [5.41, 5.74) is 7.53. The van der Waals surface area contributed by atoms with Gasteiger partial charge in [-0.1, -0.05) is 28.1 Å². The Labute approximate surface area is 114 Å². The lowest BCUT2D eigenvalue weighted by Gasteiger charge is -2.11. The molecule has 0 aliphatic heterocycles. The highest BCUT2D eigenvalue weighted by atomic mass is 79.9. The molecule has 0 saturated heterocycles. The highest BCUT2D eigenvalue weighted by Gasteiger charge is 2.08. The summed E-state index contributed by atoms with van der Waals surface area (Å²) in [5, 5.41) is 0. The lowest BCUT2D eigenvalue weighted by Crippen LogP contribution is -2.00. The van der Waals surface area contributed by atoms with Crippen molar-refractivity contribution in [2.75, 3.05) is 0 Å². The van der Waals surface area contributed by atoms with E-state index in [2.05, 4.69) is 15.9 Å². The Morgan fingerprint density at radius 2 is 1.94 bits per heavy atom. The smallest absolute Gasteiger partial charge is 0.166 e. The maximum atomic E-state index is 13.7. The van der Waals surface area contributed by atoms with Crippen LogP contribution in [0.15, 0.2) is 40.9 Å². The van der Waals surface area contributed by atoms with Crippen molar-refractivity contribution in [1.82, 2.24) is 0 Å². The fourth-order valence-corrected chi connectivity index (χ4v) is 1.93. The van der Waals surface area contributed by atoms with Crippen molar-refractivity contribution >= 4 is 15.9 Å². The number of aryl methyl sites for hydroxylation is 1.